The first kappa shape index (κ1) is 15.5. The van der Waals surface area contributed by atoms with Gasteiger partial charge in [-0.05, 0) is 30.0 Å². The van der Waals surface area contributed by atoms with E-state index in [0.29, 0.717) is 18.7 Å². The molecule has 1 unspecified atom stereocenters. The number of allylic oxidation sites excluding steroid dienone is 3. The number of aromatic nitrogens is 1. The molecule has 0 spiro atoms. The van der Waals surface area contributed by atoms with E-state index >= 15 is 0 Å². The van der Waals surface area contributed by atoms with Gasteiger partial charge in [0.05, 0.1) is 6.42 Å². The zero-order chi connectivity index (χ0) is 16.2. The van der Waals surface area contributed by atoms with Gasteiger partial charge in [-0.2, -0.15) is 0 Å². The van der Waals surface area contributed by atoms with Crippen LogP contribution in [0.2, 0.25) is 0 Å². The highest BCUT2D eigenvalue weighted by Crippen LogP contribution is 2.27. The SMILES string of the molecule is CN1CC(c2ccc(NC(=O)CC3=CCCC=C3)nc2)CC1=O. The van der Waals surface area contributed by atoms with Crippen molar-refractivity contribution < 1.29 is 9.59 Å². The maximum atomic E-state index is 12.0. The third-order valence-corrected chi connectivity index (χ3v) is 4.30. The Morgan fingerprint density at radius 2 is 2.26 bits per heavy atom. The Balaban J connectivity index is 1.57. The van der Waals surface area contributed by atoms with Crippen molar-refractivity contribution in [2.45, 2.75) is 31.6 Å². The van der Waals surface area contributed by atoms with Gasteiger partial charge >= 0.3 is 0 Å². The molecule has 1 aromatic heterocycles. The normalized spacial score (nSPS) is 20.6. The minimum absolute atomic E-state index is 0.0566. The lowest BCUT2D eigenvalue weighted by Crippen LogP contribution is -2.18. The van der Waals surface area contributed by atoms with Gasteiger partial charge in [0.1, 0.15) is 5.82 Å². The lowest BCUT2D eigenvalue weighted by atomic mass is 10.0. The second-order valence-corrected chi connectivity index (χ2v) is 6.14. The van der Waals surface area contributed by atoms with E-state index in [4.69, 9.17) is 0 Å². The molecule has 2 heterocycles. The molecule has 0 aromatic carbocycles. The molecule has 0 saturated carbocycles. The highest BCUT2D eigenvalue weighted by atomic mass is 16.2. The van der Waals surface area contributed by atoms with Crippen LogP contribution in [0.4, 0.5) is 5.82 Å². The first-order chi connectivity index (χ1) is 11.1. The first-order valence-corrected chi connectivity index (χ1v) is 7.97. The number of likely N-dealkylation sites (N-methyl/N-ethyl adjacent to an activating group) is 1. The molecule has 1 aliphatic heterocycles. The number of carbonyl (C=O) groups is 2. The van der Waals surface area contributed by atoms with E-state index in [1.165, 1.54) is 0 Å². The number of likely N-dealkylation sites (tertiary alicyclic amines) is 1. The summed E-state index contributed by atoms with van der Waals surface area (Å²) in [4.78, 5) is 29.7. The van der Waals surface area contributed by atoms with Gasteiger partial charge in [-0.1, -0.05) is 24.3 Å². The Hall–Kier alpha value is -2.43. The summed E-state index contributed by atoms with van der Waals surface area (Å²) in [6, 6.07) is 3.75. The minimum Gasteiger partial charge on any atom is -0.345 e. The number of amides is 2. The number of hydrogen-bond donors (Lipinski definition) is 1. The van der Waals surface area contributed by atoms with Crippen LogP contribution in [-0.4, -0.2) is 35.3 Å². The molecule has 0 bridgehead atoms. The fourth-order valence-electron chi connectivity index (χ4n) is 2.98. The Kier molecular flexibility index (Phi) is 4.55. The zero-order valence-corrected chi connectivity index (χ0v) is 13.3. The van der Waals surface area contributed by atoms with E-state index in [1.807, 2.05) is 19.2 Å². The Morgan fingerprint density at radius 3 is 2.87 bits per heavy atom. The lowest BCUT2D eigenvalue weighted by molar-refractivity contribution is -0.126. The smallest absolute Gasteiger partial charge is 0.229 e. The van der Waals surface area contributed by atoms with Crippen LogP contribution >= 0.6 is 0 Å². The van der Waals surface area contributed by atoms with Crippen LogP contribution in [0, 0.1) is 0 Å². The number of carbonyl (C=O) groups excluding carboxylic acids is 2. The average Bonchev–Trinajstić information content (AvgIpc) is 2.88. The summed E-state index contributed by atoms with van der Waals surface area (Å²) >= 11 is 0. The van der Waals surface area contributed by atoms with Crippen LogP contribution in [0.15, 0.2) is 42.1 Å². The van der Waals surface area contributed by atoms with Gasteiger partial charge in [0, 0.05) is 32.1 Å². The molecule has 5 nitrogen and oxygen atoms in total. The standard InChI is InChI=1S/C18H21N3O2/c1-21-12-15(10-18(21)23)14-7-8-16(19-11-14)20-17(22)9-13-5-3-2-4-6-13/h3,5-8,11,15H,2,4,9-10,12H2,1H3,(H,19,20,22). The number of hydrogen-bond acceptors (Lipinski definition) is 3. The van der Waals surface area contributed by atoms with Gasteiger partial charge in [-0.25, -0.2) is 4.98 Å². The van der Waals surface area contributed by atoms with E-state index in [-0.39, 0.29) is 17.7 Å². The number of nitrogens with zero attached hydrogens (tertiary/aromatic N) is 2. The summed E-state index contributed by atoms with van der Waals surface area (Å²) in [6.45, 7) is 0.729. The lowest BCUT2D eigenvalue weighted by Gasteiger charge is -2.11. The fourth-order valence-corrected chi connectivity index (χ4v) is 2.98. The molecule has 1 fully saturated rings. The third kappa shape index (κ3) is 3.86. The largest absolute Gasteiger partial charge is 0.345 e. The first-order valence-electron chi connectivity index (χ1n) is 7.97. The molecule has 3 rings (SSSR count). The van der Waals surface area contributed by atoms with Crippen molar-refractivity contribution in [2.24, 2.45) is 0 Å². The van der Waals surface area contributed by atoms with Crippen LogP contribution < -0.4 is 5.32 Å². The van der Waals surface area contributed by atoms with Gasteiger partial charge in [0.25, 0.3) is 0 Å². The van der Waals surface area contributed by atoms with E-state index < -0.39 is 0 Å². The molecule has 23 heavy (non-hydrogen) atoms. The highest BCUT2D eigenvalue weighted by molar-refractivity contribution is 5.91. The number of nitrogens with one attached hydrogen (secondary N) is 1. The predicted molar refractivity (Wildman–Crippen MR) is 88.9 cm³/mol. The second-order valence-electron chi connectivity index (χ2n) is 6.14. The Morgan fingerprint density at radius 1 is 1.39 bits per heavy atom. The molecular weight excluding hydrogens is 290 g/mol. The van der Waals surface area contributed by atoms with Crippen molar-refractivity contribution in [1.29, 1.82) is 0 Å². The Bertz CT molecular complexity index is 661. The molecule has 0 radical (unpaired) electrons. The van der Waals surface area contributed by atoms with E-state index in [0.717, 1.165) is 30.5 Å². The van der Waals surface area contributed by atoms with Crippen molar-refractivity contribution >= 4 is 17.6 Å². The zero-order valence-electron chi connectivity index (χ0n) is 13.3. The van der Waals surface area contributed by atoms with Gasteiger partial charge < -0.3 is 10.2 Å². The van der Waals surface area contributed by atoms with Gasteiger partial charge in [-0.3, -0.25) is 9.59 Å². The number of anilines is 1. The summed E-state index contributed by atoms with van der Waals surface area (Å²) < 4.78 is 0. The second kappa shape index (κ2) is 6.77. The molecule has 1 aliphatic carbocycles. The van der Waals surface area contributed by atoms with Crippen LogP contribution in [0.25, 0.3) is 0 Å². The maximum absolute atomic E-state index is 12.0. The summed E-state index contributed by atoms with van der Waals surface area (Å²) in [5, 5.41) is 2.82. The molecule has 1 aromatic rings. The summed E-state index contributed by atoms with van der Waals surface area (Å²) in [7, 11) is 1.82. The molecule has 1 atom stereocenters. The van der Waals surface area contributed by atoms with Crippen molar-refractivity contribution in [3.05, 3.63) is 47.7 Å². The number of rotatable bonds is 4. The van der Waals surface area contributed by atoms with Crippen molar-refractivity contribution in [1.82, 2.24) is 9.88 Å². The average molecular weight is 311 g/mol. The number of pyridine rings is 1. The molecule has 1 N–H and O–H groups in total. The van der Waals surface area contributed by atoms with Gasteiger partial charge in [0.15, 0.2) is 0 Å². The highest BCUT2D eigenvalue weighted by Gasteiger charge is 2.28. The van der Waals surface area contributed by atoms with E-state index in [9.17, 15) is 9.59 Å². The van der Waals surface area contributed by atoms with Crippen molar-refractivity contribution in [3.63, 3.8) is 0 Å². The third-order valence-electron chi connectivity index (χ3n) is 4.30. The van der Waals surface area contributed by atoms with Crippen LogP contribution in [0.1, 0.15) is 37.2 Å². The van der Waals surface area contributed by atoms with Crippen molar-refractivity contribution in [3.8, 4) is 0 Å². The monoisotopic (exact) mass is 311 g/mol. The maximum Gasteiger partial charge on any atom is 0.229 e. The summed E-state index contributed by atoms with van der Waals surface area (Å²) in [5.41, 5.74) is 2.09. The van der Waals surface area contributed by atoms with Gasteiger partial charge in [0.2, 0.25) is 11.8 Å². The molecular formula is C18H21N3O2. The minimum atomic E-state index is -0.0566. The topological polar surface area (TPSA) is 62.3 Å². The molecule has 2 amide bonds. The van der Waals surface area contributed by atoms with E-state index in [2.05, 4.69) is 22.5 Å². The van der Waals surface area contributed by atoms with Gasteiger partial charge in [-0.15, -0.1) is 0 Å². The summed E-state index contributed by atoms with van der Waals surface area (Å²) in [6.07, 6.45) is 10.9. The molecule has 2 aliphatic rings. The summed E-state index contributed by atoms with van der Waals surface area (Å²) in [5.74, 6) is 0.860. The van der Waals surface area contributed by atoms with Crippen molar-refractivity contribution in [2.75, 3.05) is 18.9 Å². The quantitative estimate of drug-likeness (QED) is 0.930. The van der Waals surface area contributed by atoms with E-state index in [1.54, 1.807) is 17.2 Å². The van der Waals surface area contributed by atoms with Crippen LogP contribution in [-0.2, 0) is 9.59 Å². The fraction of sp³-hybridized carbons (Fsp3) is 0.389. The Labute approximate surface area is 136 Å². The molecule has 5 heteroatoms. The molecule has 120 valence electrons. The predicted octanol–water partition coefficient (Wildman–Crippen LogP) is 2.63. The van der Waals surface area contributed by atoms with Crippen LogP contribution in [0.5, 0.6) is 0 Å². The van der Waals surface area contributed by atoms with Crippen LogP contribution in [0.3, 0.4) is 0 Å². The molecule has 1 saturated heterocycles.